The highest BCUT2D eigenvalue weighted by Crippen LogP contribution is 2.36. The topological polar surface area (TPSA) is 125 Å². The number of likely N-dealkylation sites (tertiary alicyclic amines) is 1. The summed E-state index contributed by atoms with van der Waals surface area (Å²) in [7, 11) is 1.91. The molecule has 1 unspecified atom stereocenters. The Balaban J connectivity index is 1.58. The maximum absolute atomic E-state index is 13.0. The van der Waals surface area contributed by atoms with Crippen LogP contribution < -0.4 is 21.7 Å². The van der Waals surface area contributed by atoms with Crippen molar-refractivity contribution in [3.05, 3.63) is 47.8 Å². The SMILES string of the molecule is CN1CCCCC1C(=O)Nc1ccc2c(c1)N/C(=C(/C(N)=O)c1nccc(C(F)(F)F)n1)N2. The van der Waals surface area contributed by atoms with Crippen molar-refractivity contribution < 1.29 is 22.8 Å². The van der Waals surface area contributed by atoms with Gasteiger partial charge in [-0.3, -0.25) is 14.5 Å². The van der Waals surface area contributed by atoms with Crippen molar-refractivity contribution in [2.24, 2.45) is 5.73 Å². The number of nitrogens with zero attached hydrogens (tertiary/aromatic N) is 3. The number of alkyl halides is 3. The van der Waals surface area contributed by atoms with Gasteiger partial charge in [-0.25, -0.2) is 9.97 Å². The minimum absolute atomic E-state index is 0.0484. The second-order valence-electron chi connectivity index (χ2n) is 7.87. The molecule has 2 amide bonds. The van der Waals surface area contributed by atoms with Crippen molar-refractivity contribution in [1.29, 1.82) is 0 Å². The van der Waals surface area contributed by atoms with Crippen LogP contribution in [0.4, 0.5) is 30.2 Å². The Hall–Kier alpha value is -3.67. The molecular formula is C21H22F3N7O2. The molecule has 12 heteroatoms. The molecule has 0 radical (unpaired) electrons. The highest BCUT2D eigenvalue weighted by Gasteiger charge is 2.34. The number of anilines is 3. The largest absolute Gasteiger partial charge is 0.433 e. The Morgan fingerprint density at radius 2 is 1.94 bits per heavy atom. The number of carbonyl (C=O) groups excluding carboxylic acids is 2. The van der Waals surface area contributed by atoms with Crippen LogP contribution in [0.25, 0.3) is 5.57 Å². The second-order valence-corrected chi connectivity index (χ2v) is 7.87. The summed E-state index contributed by atoms with van der Waals surface area (Å²) in [4.78, 5) is 34.0. The molecule has 9 nitrogen and oxygen atoms in total. The normalized spacial score (nSPS) is 19.8. The number of nitrogens with one attached hydrogen (secondary N) is 3. The Morgan fingerprint density at radius 1 is 1.18 bits per heavy atom. The number of fused-ring (bicyclic) bond motifs is 1. The number of hydrogen-bond donors (Lipinski definition) is 4. The lowest BCUT2D eigenvalue weighted by Gasteiger charge is -2.31. The number of rotatable bonds is 4. The number of aromatic nitrogens is 2. The molecule has 1 atom stereocenters. The van der Waals surface area contributed by atoms with E-state index in [1.807, 2.05) is 11.9 Å². The van der Waals surface area contributed by atoms with Crippen LogP contribution in [0, 0.1) is 0 Å². The monoisotopic (exact) mass is 461 g/mol. The molecule has 1 saturated heterocycles. The number of nitrogens with two attached hydrogens (primary N) is 1. The van der Waals surface area contributed by atoms with Crippen LogP contribution in [-0.2, 0) is 15.8 Å². The summed E-state index contributed by atoms with van der Waals surface area (Å²) in [6.45, 7) is 0.857. The van der Waals surface area contributed by atoms with Gasteiger partial charge < -0.3 is 21.7 Å². The molecular weight excluding hydrogens is 439 g/mol. The Bertz CT molecular complexity index is 1130. The maximum Gasteiger partial charge on any atom is 0.433 e. The summed E-state index contributed by atoms with van der Waals surface area (Å²) in [5.41, 5.74) is 5.49. The van der Waals surface area contributed by atoms with Crippen molar-refractivity contribution >= 4 is 34.4 Å². The molecule has 1 aromatic heterocycles. The Morgan fingerprint density at radius 3 is 2.64 bits per heavy atom. The number of halogens is 3. The molecule has 1 aromatic carbocycles. The quantitative estimate of drug-likeness (QED) is 0.516. The first-order chi connectivity index (χ1) is 15.6. The lowest BCUT2D eigenvalue weighted by molar-refractivity contribution is -0.141. The number of likely N-dealkylation sites (N-methyl/N-ethyl adjacent to an activating group) is 1. The average molecular weight is 461 g/mol. The number of primary amides is 1. The van der Waals surface area contributed by atoms with Crippen molar-refractivity contribution in [3.63, 3.8) is 0 Å². The van der Waals surface area contributed by atoms with Crippen LogP contribution in [0.5, 0.6) is 0 Å². The highest BCUT2D eigenvalue weighted by molar-refractivity contribution is 6.20. The van der Waals surface area contributed by atoms with Crippen LogP contribution in [0.3, 0.4) is 0 Å². The summed E-state index contributed by atoms with van der Waals surface area (Å²) in [6.07, 6.45) is -0.975. The van der Waals surface area contributed by atoms with Gasteiger partial charge in [0, 0.05) is 11.9 Å². The zero-order valence-electron chi connectivity index (χ0n) is 17.7. The first-order valence-corrected chi connectivity index (χ1v) is 10.3. The summed E-state index contributed by atoms with van der Waals surface area (Å²) in [5.74, 6) is -1.54. The molecule has 0 saturated carbocycles. The highest BCUT2D eigenvalue weighted by atomic mass is 19.4. The van der Waals surface area contributed by atoms with E-state index < -0.39 is 23.6 Å². The molecule has 4 rings (SSSR count). The van der Waals surface area contributed by atoms with Crippen molar-refractivity contribution in [2.45, 2.75) is 31.5 Å². The fourth-order valence-corrected chi connectivity index (χ4v) is 3.87. The first-order valence-electron chi connectivity index (χ1n) is 10.3. The van der Waals surface area contributed by atoms with Crippen LogP contribution in [0.15, 0.2) is 36.3 Å². The van der Waals surface area contributed by atoms with Crippen molar-refractivity contribution in [2.75, 3.05) is 29.5 Å². The van der Waals surface area contributed by atoms with Gasteiger partial charge in [-0.05, 0) is 50.7 Å². The van der Waals surface area contributed by atoms with E-state index >= 15 is 0 Å². The van der Waals surface area contributed by atoms with E-state index in [-0.39, 0.29) is 23.3 Å². The number of carbonyl (C=O) groups is 2. The predicted octanol–water partition coefficient (Wildman–Crippen LogP) is 2.61. The summed E-state index contributed by atoms with van der Waals surface area (Å²) >= 11 is 0. The summed E-state index contributed by atoms with van der Waals surface area (Å²) in [5, 5.41) is 8.72. The first kappa shape index (κ1) is 22.5. The molecule has 174 valence electrons. The van der Waals surface area contributed by atoms with Gasteiger partial charge in [0.25, 0.3) is 5.91 Å². The van der Waals surface area contributed by atoms with Crippen LogP contribution in [0.1, 0.15) is 30.8 Å². The molecule has 1 fully saturated rings. The predicted molar refractivity (Wildman–Crippen MR) is 116 cm³/mol. The van der Waals surface area contributed by atoms with Gasteiger partial charge in [-0.1, -0.05) is 6.42 Å². The van der Waals surface area contributed by atoms with Crippen molar-refractivity contribution in [1.82, 2.24) is 14.9 Å². The van der Waals surface area contributed by atoms with Gasteiger partial charge in [0.1, 0.15) is 17.1 Å². The lowest BCUT2D eigenvalue weighted by atomic mass is 10.0. The van der Waals surface area contributed by atoms with Gasteiger partial charge in [-0.15, -0.1) is 0 Å². The summed E-state index contributed by atoms with van der Waals surface area (Å²) < 4.78 is 39.1. The van der Waals surface area contributed by atoms with Gasteiger partial charge in [0.05, 0.1) is 17.4 Å². The fraction of sp³-hybridized carbons (Fsp3) is 0.333. The molecule has 0 bridgehead atoms. The lowest BCUT2D eigenvalue weighted by Crippen LogP contribution is -2.44. The molecule has 33 heavy (non-hydrogen) atoms. The molecule has 0 spiro atoms. The van der Waals surface area contributed by atoms with E-state index in [0.29, 0.717) is 23.1 Å². The van der Waals surface area contributed by atoms with Crippen LogP contribution >= 0.6 is 0 Å². The van der Waals surface area contributed by atoms with Gasteiger partial charge in [0.2, 0.25) is 5.91 Å². The maximum atomic E-state index is 13.0. The zero-order chi connectivity index (χ0) is 23.8. The molecule has 0 aliphatic carbocycles. The number of amides is 2. The number of benzene rings is 1. The van der Waals surface area contributed by atoms with Crippen LogP contribution in [-0.4, -0.2) is 46.3 Å². The zero-order valence-corrected chi connectivity index (χ0v) is 17.7. The van der Waals surface area contributed by atoms with E-state index in [4.69, 9.17) is 5.73 Å². The third-order valence-corrected chi connectivity index (χ3v) is 5.55. The fourth-order valence-electron chi connectivity index (χ4n) is 3.87. The molecule has 3 heterocycles. The summed E-state index contributed by atoms with van der Waals surface area (Å²) in [6, 6.07) is 5.49. The molecule has 2 aliphatic heterocycles. The van der Waals surface area contributed by atoms with Gasteiger partial charge >= 0.3 is 6.18 Å². The van der Waals surface area contributed by atoms with E-state index in [1.54, 1.807) is 18.2 Å². The van der Waals surface area contributed by atoms with Gasteiger partial charge in [-0.2, -0.15) is 13.2 Å². The number of hydrogen-bond acceptors (Lipinski definition) is 7. The minimum atomic E-state index is -4.70. The Kier molecular flexibility index (Phi) is 5.93. The third kappa shape index (κ3) is 4.75. The average Bonchev–Trinajstić information content (AvgIpc) is 3.16. The Labute approximate surface area is 187 Å². The molecule has 2 aromatic rings. The van der Waals surface area contributed by atoms with Gasteiger partial charge in [0.15, 0.2) is 5.82 Å². The molecule has 5 N–H and O–H groups in total. The minimum Gasteiger partial charge on any atom is -0.365 e. The van der Waals surface area contributed by atoms with Crippen LogP contribution in [0.2, 0.25) is 0 Å². The number of piperidine rings is 1. The molecule has 2 aliphatic rings. The van der Waals surface area contributed by atoms with E-state index in [2.05, 4.69) is 25.9 Å². The second kappa shape index (κ2) is 8.70. The smallest absolute Gasteiger partial charge is 0.365 e. The van der Waals surface area contributed by atoms with E-state index in [0.717, 1.165) is 32.0 Å². The van der Waals surface area contributed by atoms with E-state index in [9.17, 15) is 22.8 Å². The third-order valence-electron chi connectivity index (χ3n) is 5.55. The van der Waals surface area contributed by atoms with E-state index in [1.165, 1.54) is 0 Å². The van der Waals surface area contributed by atoms with Crippen molar-refractivity contribution in [3.8, 4) is 0 Å². The standard InChI is InChI=1S/C21H22F3N7O2/c1-31-9-3-2-4-14(31)20(33)27-11-5-6-12-13(10-11)29-19(28-12)16(17(25)32)18-26-8-7-15(30-18)21(22,23)24/h5-8,10,14,28-29H,2-4,9H2,1H3,(H2,25,32)(H,27,33)/b19-16-.